The molecule has 88 valence electrons. The first-order valence-corrected chi connectivity index (χ1v) is 5.79. The molecule has 0 aliphatic heterocycles. The Bertz CT molecular complexity index is 205. The minimum atomic E-state index is -0.0770. The molecule has 0 aromatic rings. The monoisotopic (exact) mass is 214 g/mol. The van der Waals surface area contributed by atoms with Crippen LogP contribution in [0.2, 0.25) is 0 Å². The summed E-state index contributed by atoms with van der Waals surface area (Å²) in [6.07, 6.45) is 4.39. The Labute approximate surface area is 91.6 Å². The zero-order valence-corrected chi connectivity index (χ0v) is 9.70. The maximum absolute atomic E-state index is 11.5. The summed E-state index contributed by atoms with van der Waals surface area (Å²) in [6, 6.07) is 0.468. The third kappa shape index (κ3) is 3.18. The molecule has 0 bridgehead atoms. The van der Waals surface area contributed by atoms with Crippen LogP contribution in [0.3, 0.4) is 0 Å². The van der Waals surface area contributed by atoms with Gasteiger partial charge in [0.15, 0.2) is 0 Å². The van der Waals surface area contributed by atoms with Crippen molar-refractivity contribution in [1.82, 2.24) is 10.2 Å². The van der Waals surface area contributed by atoms with Crippen LogP contribution in [0.15, 0.2) is 0 Å². The van der Waals surface area contributed by atoms with Crippen LogP contribution in [0.4, 0.5) is 0 Å². The highest BCUT2D eigenvalue weighted by atomic mass is 16.3. The minimum Gasteiger partial charge on any atom is -0.396 e. The van der Waals surface area contributed by atoms with E-state index in [0.717, 1.165) is 13.0 Å². The lowest BCUT2D eigenvalue weighted by Crippen LogP contribution is -2.51. The molecule has 1 unspecified atom stereocenters. The zero-order valence-electron chi connectivity index (χ0n) is 9.70. The summed E-state index contributed by atoms with van der Waals surface area (Å²) in [5, 5.41) is 11.5. The lowest BCUT2D eigenvalue weighted by atomic mass is 9.90. The van der Waals surface area contributed by atoms with Crippen molar-refractivity contribution in [3.05, 3.63) is 0 Å². The summed E-state index contributed by atoms with van der Waals surface area (Å²) in [7, 11) is 1.67. The van der Waals surface area contributed by atoms with E-state index in [9.17, 15) is 4.79 Å². The van der Waals surface area contributed by atoms with Crippen molar-refractivity contribution in [2.24, 2.45) is 0 Å². The molecular formula is C11H22N2O2. The minimum absolute atomic E-state index is 0.0693. The van der Waals surface area contributed by atoms with Crippen LogP contribution in [0.5, 0.6) is 0 Å². The highest BCUT2D eigenvalue weighted by molar-refractivity contribution is 5.81. The zero-order chi connectivity index (χ0) is 11.3. The Hall–Kier alpha value is -0.610. The standard InChI is InChI=1S/C11H22N2O2/c1-9(11(15)12-2)13(7-4-8-14)10-5-3-6-10/h9-10,14H,3-8H2,1-2H3,(H,12,15). The van der Waals surface area contributed by atoms with E-state index >= 15 is 0 Å². The third-order valence-corrected chi connectivity index (χ3v) is 3.24. The smallest absolute Gasteiger partial charge is 0.236 e. The largest absolute Gasteiger partial charge is 0.396 e. The maximum atomic E-state index is 11.5. The maximum Gasteiger partial charge on any atom is 0.236 e. The van der Waals surface area contributed by atoms with Gasteiger partial charge >= 0.3 is 0 Å². The molecule has 1 fully saturated rings. The number of carbonyl (C=O) groups excluding carboxylic acids is 1. The molecule has 0 aromatic heterocycles. The van der Waals surface area contributed by atoms with Gasteiger partial charge in [-0.15, -0.1) is 0 Å². The van der Waals surface area contributed by atoms with Gasteiger partial charge < -0.3 is 10.4 Å². The lowest BCUT2D eigenvalue weighted by molar-refractivity contribution is -0.127. The highest BCUT2D eigenvalue weighted by Gasteiger charge is 2.30. The molecular weight excluding hydrogens is 192 g/mol. The molecule has 4 nitrogen and oxygen atoms in total. The second-order valence-electron chi connectivity index (χ2n) is 4.19. The van der Waals surface area contributed by atoms with E-state index in [0.29, 0.717) is 6.04 Å². The van der Waals surface area contributed by atoms with Crippen molar-refractivity contribution in [1.29, 1.82) is 0 Å². The van der Waals surface area contributed by atoms with Crippen LogP contribution in [-0.2, 0) is 4.79 Å². The molecule has 0 saturated heterocycles. The number of nitrogens with zero attached hydrogens (tertiary/aromatic N) is 1. The van der Waals surface area contributed by atoms with E-state index in [1.807, 2.05) is 6.92 Å². The van der Waals surface area contributed by atoms with E-state index in [2.05, 4.69) is 10.2 Å². The number of aliphatic hydroxyl groups excluding tert-OH is 1. The van der Waals surface area contributed by atoms with Crippen molar-refractivity contribution in [3.8, 4) is 0 Å². The van der Waals surface area contributed by atoms with Crippen molar-refractivity contribution in [3.63, 3.8) is 0 Å². The Balaban J connectivity index is 2.49. The average molecular weight is 214 g/mol. The van der Waals surface area contributed by atoms with Gasteiger partial charge in [0, 0.05) is 26.2 Å². The normalized spacial score (nSPS) is 18.7. The van der Waals surface area contributed by atoms with E-state index in [-0.39, 0.29) is 18.6 Å². The molecule has 1 atom stereocenters. The number of hydrogen-bond acceptors (Lipinski definition) is 3. The molecule has 2 N–H and O–H groups in total. The van der Waals surface area contributed by atoms with Crippen molar-refractivity contribution in [2.45, 2.75) is 44.7 Å². The van der Waals surface area contributed by atoms with Crippen LogP contribution in [0.25, 0.3) is 0 Å². The van der Waals surface area contributed by atoms with Gasteiger partial charge in [-0.3, -0.25) is 9.69 Å². The number of amides is 1. The van der Waals surface area contributed by atoms with Gasteiger partial charge in [-0.2, -0.15) is 0 Å². The molecule has 1 aliphatic rings. The molecule has 0 radical (unpaired) electrons. The summed E-state index contributed by atoms with van der Waals surface area (Å²) in [5.74, 6) is 0.0693. The van der Waals surface area contributed by atoms with Gasteiger partial charge in [-0.05, 0) is 26.2 Å². The third-order valence-electron chi connectivity index (χ3n) is 3.24. The Morgan fingerprint density at radius 2 is 2.27 bits per heavy atom. The van der Waals surface area contributed by atoms with Crippen LogP contribution in [-0.4, -0.2) is 48.2 Å². The second kappa shape index (κ2) is 6.08. The van der Waals surface area contributed by atoms with E-state index < -0.39 is 0 Å². The molecule has 1 saturated carbocycles. The topological polar surface area (TPSA) is 52.6 Å². The fraction of sp³-hybridized carbons (Fsp3) is 0.909. The van der Waals surface area contributed by atoms with Crippen molar-refractivity contribution >= 4 is 5.91 Å². The number of aliphatic hydroxyl groups is 1. The first-order chi connectivity index (χ1) is 7.20. The first-order valence-electron chi connectivity index (χ1n) is 5.79. The van der Waals surface area contributed by atoms with Crippen LogP contribution >= 0.6 is 0 Å². The quantitative estimate of drug-likeness (QED) is 0.671. The second-order valence-corrected chi connectivity index (χ2v) is 4.19. The predicted octanol–water partition coefficient (Wildman–Crippen LogP) is 0.358. The average Bonchev–Trinajstić information content (AvgIpc) is 2.19. The number of hydrogen-bond donors (Lipinski definition) is 2. The Kier molecular flexibility index (Phi) is 5.05. The number of carbonyl (C=O) groups is 1. The number of nitrogens with one attached hydrogen (secondary N) is 1. The van der Waals surface area contributed by atoms with Gasteiger partial charge in [-0.25, -0.2) is 0 Å². The van der Waals surface area contributed by atoms with Crippen molar-refractivity contribution in [2.75, 3.05) is 20.2 Å². The molecule has 1 amide bonds. The molecule has 0 heterocycles. The summed E-state index contributed by atoms with van der Waals surface area (Å²) in [4.78, 5) is 13.8. The lowest BCUT2D eigenvalue weighted by Gasteiger charge is -2.40. The van der Waals surface area contributed by atoms with Crippen LogP contribution in [0.1, 0.15) is 32.6 Å². The summed E-state index contributed by atoms with van der Waals surface area (Å²) >= 11 is 0. The summed E-state index contributed by atoms with van der Waals surface area (Å²) < 4.78 is 0. The number of likely N-dealkylation sites (N-methyl/N-ethyl adjacent to an activating group) is 1. The van der Waals surface area contributed by atoms with Gasteiger partial charge in [0.05, 0.1) is 6.04 Å². The van der Waals surface area contributed by atoms with Crippen molar-refractivity contribution < 1.29 is 9.90 Å². The van der Waals surface area contributed by atoms with E-state index in [4.69, 9.17) is 5.11 Å². The van der Waals surface area contributed by atoms with Gasteiger partial charge in [0.2, 0.25) is 5.91 Å². The van der Waals surface area contributed by atoms with Gasteiger partial charge in [0.25, 0.3) is 0 Å². The van der Waals surface area contributed by atoms with Crippen LogP contribution in [0, 0.1) is 0 Å². The van der Waals surface area contributed by atoms with E-state index in [1.165, 1.54) is 19.3 Å². The Morgan fingerprint density at radius 1 is 1.60 bits per heavy atom. The van der Waals surface area contributed by atoms with Crippen LogP contribution < -0.4 is 5.32 Å². The summed E-state index contributed by atoms with van der Waals surface area (Å²) in [5.41, 5.74) is 0. The fourth-order valence-electron chi connectivity index (χ4n) is 2.02. The first kappa shape index (κ1) is 12.5. The van der Waals surface area contributed by atoms with Gasteiger partial charge in [0.1, 0.15) is 0 Å². The predicted molar refractivity (Wildman–Crippen MR) is 59.6 cm³/mol. The molecule has 15 heavy (non-hydrogen) atoms. The summed E-state index contributed by atoms with van der Waals surface area (Å²) in [6.45, 7) is 2.95. The molecule has 4 heteroatoms. The molecule has 0 aromatic carbocycles. The number of rotatable bonds is 6. The molecule has 0 spiro atoms. The molecule has 1 rings (SSSR count). The SMILES string of the molecule is CNC(=O)C(C)N(CCCO)C1CCC1. The highest BCUT2D eigenvalue weighted by Crippen LogP contribution is 2.26. The Morgan fingerprint density at radius 3 is 2.67 bits per heavy atom. The molecule has 1 aliphatic carbocycles. The van der Waals surface area contributed by atoms with Gasteiger partial charge in [-0.1, -0.05) is 6.42 Å². The fourth-order valence-corrected chi connectivity index (χ4v) is 2.02. The van der Waals surface area contributed by atoms with E-state index in [1.54, 1.807) is 7.05 Å².